The first kappa shape index (κ1) is 11.7. The van der Waals surface area contributed by atoms with Crippen molar-refractivity contribution in [2.75, 3.05) is 19.6 Å². The summed E-state index contributed by atoms with van der Waals surface area (Å²) in [4.78, 5) is 13.7. The van der Waals surface area contributed by atoms with E-state index < -0.39 is 0 Å². The maximum atomic E-state index is 11.3. The number of ketones is 1. The highest BCUT2D eigenvalue weighted by molar-refractivity contribution is 5.81. The molecule has 0 bridgehead atoms. The Morgan fingerprint density at radius 2 is 2.21 bits per heavy atom. The number of hydrogen-bond donors (Lipinski definition) is 0. The van der Waals surface area contributed by atoms with Crippen molar-refractivity contribution in [3.8, 4) is 0 Å². The third-order valence-corrected chi connectivity index (χ3v) is 3.01. The maximum Gasteiger partial charge on any atom is 0.138 e. The largest absolute Gasteiger partial charge is 0.302 e. The molecule has 14 heavy (non-hydrogen) atoms. The fourth-order valence-electron chi connectivity index (χ4n) is 2.02. The molecule has 2 nitrogen and oxygen atoms in total. The van der Waals surface area contributed by atoms with Gasteiger partial charge in [0, 0.05) is 25.4 Å². The minimum absolute atomic E-state index is 0.266. The molecule has 1 atom stereocenters. The van der Waals surface area contributed by atoms with E-state index in [1.54, 1.807) is 0 Å². The molecule has 2 heteroatoms. The average Bonchev–Trinajstić information content (AvgIpc) is 2.10. The molecule has 1 aliphatic rings. The number of piperidine rings is 1. The fraction of sp³-hybridized carbons (Fsp3) is 0.917. The Morgan fingerprint density at radius 1 is 1.50 bits per heavy atom. The topological polar surface area (TPSA) is 20.3 Å². The Labute approximate surface area is 87.7 Å². The summed E-state index contributed by atoms with van der Waals surface area (Å²) in [5, 5.41) is 0. The predicted octanol–water partition coefficient (Wildman–Crippen LogP) is 2.33. The molecule has 1 saturated heterocycles. The van der Waals surface area contributed by atoms with Crippen LogP contribution in [0.2, 0.25) is 0 Å². The number of likely N-dealkylation sites (tertiary alicyclic amines) is 1. The quantitative estimate of drug-likeness (QED) is 0.689. The van der Waals surface area contributed by atoms with E-state index in [0.717, 1.165) is 25.4 Å². The number of carbonyl (C=O) groups excluding carboxylic acids is 1. The SMILES string of the molecule is CC(C)CCCN1CCC(=O)C(C)C1. The van der Waals surface area contributed by atoms with Gasteiger partial charge in [-0.25, -0.2) is 0 Å². The second kappa shape index (κ2) is 5.50. The Balaban J connectivity index is 2.17. The van der Waals surface area contributed by atoms with Gasteiger partial charge in [0.2, 0.25) is 0 Å². The number of hydrogen-bond acceptors (Lipinski definition) is 2. The molecular weight excluding hydrogens is 174 g/mol. The minimum Gasteiger partial charge on any atom is -0.302 e. The molecule has 1 rings (SSSR count). The van der Waals surface area contributed by atoms with Gasteiger partial charge in [-0.3, -0.25) is 4.79 Å². The summed E-state index contributed by atoms with van der Waals surface area (Å²) in [6, 6.07) is 0. The summed E-state index contributed by atoms with van der Waals surface area (Å²) in [5.41, 5.74) is 0. The van der Waals surface area contributed by atoms with Crippen LogP contribution in [0, 0.1) is 11.8 Å². The van der Waals surface area contributed by atoms with E-state index in [-0.39, 0.29) is 5.92 Å². The fourth-order valence-corrected chi connectivity index (χ4v) is 2.02. The van der Waals surface area contributed by atoms with Gasteiger partial charge in [0.1, 0.15) is 5.78 Å². The summed E-state index contributed by atoms with van der Waals surface area (Å²) in [7, 11) is 0. The number of nitrogens with zero attached hydrogens (tertiary/aromatic N) is 1. The summed E-state index contributed by atoms with van der Waals surface area (Å²) in [6.07, 6.45) is 3.35. The van der Waals surface area contributed by atoms with E-state index in [1.807, 2.05) is 0 Å². The average molecular weight is 197 g/mol. The molecule has 0 aromatic rings. The van der Waals surface area contributed by atoms with Crippen LogP contribution in [-0.4, -0.2) is 30.3 Å². The van der Waals surface area contributed by atoms with Crippen LogP contribution in [0.3, 0.4) is 0 Å². The van der Waals surface area contributed by atoms with Crippen LogP contribution >= 0.6 is 0 Å². The molecule has 82 valence electrons. The van der Waals surface area contributed by atoms with Crippen molar-refractivity contribution >= 4 is 5.78 Å². The third-order valence-electron chi connectivity index (χ3n) is 3.01. The van der Waals surface area contributed by atoms with E-state index >= 15 is 0 Å². The van der Waals surface area contributed by atoms with E-state index in [0.29, 0.717) is 5.78 Å². The second-order valence-corrected chi connectivity index (χ2v) is 4.95. The van der Waals surface area contributed by atoms with Gasteiger partial charge in [0.15, 0.2) is 0 Å². The highest BCUT2D eigenvalue weighted by Crippen LogP contribution is 2.13. The van der Waals surface area contributed by atoms with Crippen LogP contribution in [0.1, 0.15) is 40.0 Å². The molecule has 1 heterocycles. The van der Waals surface area contributed by atoms with Crippen LogP contribution in [0.4, 0.5) is 0 Å². The van der Waals surface area contributed by atoms with Crippen molar-refractivity contribution in [2.24, 2.45) is 11.8 Å². The lowest BCUT2D eigenvalue weighted by atomic mass is 9.98. The molecule has 0 saturated carbocycles. The van der Waals surface area contributed by atoms with Crippen molar-refractivity contribution in [1.82, 2.24) is 4.90 Å². The van der Waals surface area contributed by atoms with Crippen molar-refractivity contribution in [2.45, 2.75) is 40.0 Å². The van der Waals surface area contributed by atoms with Gasteiger partial charge in [-0.15, -0.1) is 0 Å². The van der Waals surface area contributed by atoms with E-state index in [1.165, 1.54) is 19.4 Å². The normalized spacial score (nSPS) is 24.6. The summed E-state index contributed by atoms with van der Waals surface area (Å²) >= 11 is 0. The van der Waals surface area contributed by atoms with Crippen molar-refractivity contribution in [1.29, 1.82) is 0 Å². The summed E-state index contributed by atoms with van der Waals surface area (Å²) in [6.45, 7) is 9.73. The molecule has 0 spiro atoms. The highest BCUT2D eigenvalue weighted by atomic mass is 16.1. The van der Waals surface area contributed by atoms with E-state index in [9.17, 15) is 4.79 Å². The highest BCUT2D eigenvalue weighted by Gasteiger charge is 2.22. The zero-order chi connectivity index (χ0) is 10.6. The first-order chi connectivity index (χ1) is 6.59. The van der Waals surface area contributed by atoms with Gasteiger partial charge in [-0.05, 0) is 25.3 Å². The molecule has 1 aliphatic heterocycles. The first-order valence-electron chi connectivity index (χ1n) is 5.84. The van der Waals surface area contributed by atoms with E-state index in [2.05, 4.69) is 25.7 Å². The summed E-state index contributed by atoms with van der Waals surface area (Å²) < 4.78 is 0. The maximum absolute atomic E-state index is 11.3. The molecular formula is C12H23NO. The zero-order valence-electron chi connectivity index (χ0n) is 9.75. The number of carbonyl (C=O) groups is 1. The number of Topliss-reactive ketones (excluding diaryl/α,β-unsaturated/α-hetero) is 1. The zero-order valence-corrected chi connectivity index (χ0v) is 9.75. The first-order valence-corrected chi connectivity index (χ1v) is 5.84. The second-order valence-electron chi connectivity index (χ2n) is 4.95. The minimum atomic E-state index is 0.266. The lowest BCUT2D eigenvalue weighted by Crippen LogP contribution is -2.40. The van der Waals surface area contributed by atoms with E-state index in [4.69, 9.17) is 0 Å². The van der Waals surface area contributed by atoms with Crippen molar-refractivity contribution < 1.29 is 4.79 Å². The molecule has 0 aromatic carbocycles. The summed E-state index contributed by atoms with van der Waals surface area (Å²) in [5.74, 6) is 1.52. The standard InChI is InChI=1S/C12H23NO/c1-10(2)5-4-7-13-8-6-12(14)11(3)9-13/h10-11H,4-9H2,1-3H3. The smallest absolute Gasteiger partial charge is 0.138 e. The Kier molecular flexibility index (Phi) is 4.59. The molecule has 0 aliphatic carbocycles. The van der Waals surface area contributed by atoms with Crippen molar-refractivity contribution in [3.05, 3.63) is 0 Å². The van der Waals surface area contributed by atoms with Crippen LogP contribution in [0.15, 0.2) is 0 Å². The molecule has 0 radical (unpaired) electrons. The van der Waals surface area contributed by atoms with Gasteiger partial charge in [0.25, 0.3) is 0 Å². The number of rotatable bonds is 4. The van der Waals surface area contributed by atoms with Crippen LogP contribution in [-0.2, 0) is 4.79 Å². The predicted molar refractivity (Wildman–Crippen MR) is 59.3 cm³/mol. The van der Waals surface area contributed by atoms with Gasteiger partial charge < -0.3 is 4.90 Å². The molecule has 0 aromatic heterocycles. The van der Waals surface area contributed by atoms with Gasteiger partial charge in [-0.2, -0.15) is 0 Å². The molecule has 1 unspecified atom stereocenters. The Bertz CT molecular complexity index is 189. The van der Waals surface area contributed by atoms with Gasteiger partial charge in [-0.1, -0.05) is 20.8 Å². The van der Waals surface area contributed by atoms with Crippen molar-refractivity contribution in [3.63, 3.8) is 0 Å². The lowest BCUT2D eigenvalue weighted by Gasteiger charge is -2.29. The van der Waals surface area contributed by atoms with Gasteiger partial charge >= 0.3 is 0 Å². The molecule has 0 N–H and O–H groups in total. The van der Waals surface area contributed by atoms with Gasteiger partial charge in [0.05, 0.1) is 0 Å². The molecule has 1 fully saturated rings. The monoisotopic (exact) mass is 197 g/mol. The Hall–Kier alpha value is -0.370. The lowest BCUT2D eigenvalue weighted by molar-refractivity contribution is -0.125. The van der Waals surface area contributed by atoms with Crippen LogP contribution < -0.4 is 0 Å². The Morgan fingerprint density at radius 3 is 2.79 bits per heavy atom. The molecule has 0 amide bonds. The van der Waals surface area contributed by atoms with Crippen LogP contribution in [0.5, 0.6) is 0 Å². The van der Waals surface area contributed by atoms with Crippen LogP contribution in [0.25, 0.3) is 0 Å². The third kappa shape index (κ3) is 3.79.